The Hall–Kier alpha value is -1.69. The number of hydrogen-bond donors (Lipinski definition) is 1. The van der Waals surface area contributed by atoms with Crippen molar-refractivity contribution >= 4 is 21.7 Å². The van der Waals surface area contributed by atoms with Gasteiger partial charge in [0.2, 0.25) is 6.79 Å². The van der Waals surface area contributed by atoms with Crippen LogP contribution in [-0.4, -0.2) is 16.6 Å². The molecule has 0 amide bonds. The number of ether oxygens (including phenoxy) is 2. The summed E-state index contributed by atoms with van der Waals surface area (Å²) in [6, 6.07) is 5.60. The van der Waals surface area contributed by atoms with Crippen molar-refractivity contribution in [2.45, 2.75) is 0 Å². The smallest absolute Gasteiger partial charge is 0.231 e. The molecule has 5 nitrogen and oxygen atoms in total. The van der Waals surface area contributed by atoms with Gasteiger partial charge >= 0.3 is 0 Å². The number of hydrogen-bond acceptors (Lipinski definition) is 4. The molecule has 0 atom stereocenters. The minimum Gasteiger partial charge on any atom is -0.454 e. The number of nitrogens with two attached hydrogens (primary N) is 1. The van der Waals surface area contributed by atoms with E-state index < -0.39 is 0 Å². The predicted octanol–water partition coefficient (Wildman–Crippen LogP) is 2.16. The lowest BCUT2D eigenvalue weighted by Crippen LogP contribution is -1.96. The van der Waals surface area contributed by atoms with Crippen LogP contribution in [0.1, 0.15) is 0 Å². The van der Waals surface area contributed by atoms with Crippen LogP contribution in [0.15, 0.2) is 22.7 Å². The second-order valence-corrected chi connectivity index (χ2v) is 4.62. The van der Waals surface area contributed by atoms with E-state index in [1.54, 1.807) is 11.7 Å². The Bertz CT molecular complexity index is 575. The van der Waals surface area contributed by atoms with Gasteiger partial charge in [0.15, 0.2) is 11.5 Å². The molecule has 1 aromatic heterocycles. The average molecular weight is 296 g/mol. The summed E-state index contributed by atoms with van der Waals surface area (Å²) >= 11 is 3.49. The maximum atomic E-state index is 5.77. The SMILES string of the molecule is Cn1nc(-c2cc3c(cc2Br)OCO3)cc1N. The Morgan fingerprint density at radius 3 is 2.65 bits per heavy atom. The molecule has 2 aromatic rings. The van der Waals surface area contributed by atoms with Gasteiger partial charge in [-0.2, -0.15) is 5.10 Å². The summed E-state index contributed by atoms with van der Waals surface area (Å²) in [6.07, 6.45) is 0. The molecule has 1 aliphatic heterocycles. The highest BCUT2D eigenvalue weighted by atomic mass is 79.9. The van der Waals surface area contributed by atoms with E-state index in [0.29, 0.717) is 5.82 Å². The molecule has 1 aliphatic rings. The quantitative estimate of drug-likeness (QED) is 0.876. The highest BCUT2D eigenvalue weighted by molar-refractivity contribution is 9.10. The second-order valence-electron chi connectivity index (χ2n) is 3.76. The molecule has 88 valence electrons. The van der Waals surface area contributed by atoms with Gasteiger partial charge in [0.05, 0.1) is 5.69 Å². The predicted molar refractivity (Wildman–Crippen MR) is 66.9 cm³/mol. The summed E-state index contributed by atoms with van der Waals surface area (Å²) in [5, 5.41) is 4.33. The number of aryl methyl sites for hydroxylation is 1. The van der Waals surface area contributed by atoms with Gasteiger partial charge in [-0.15, -0.1) is 0 Å². The molecular weight excluding hydrogens is 286 g/mol. The average Bonchev–Trinajstić information content (AvgIpc) is 2.85. The molecule has 0 aliphatic carbocycles. The van der Waals surface area contributed by atoms with Crippen LogP contribution in [0.5, 0.6) is 11.5 Å². The molecule has 1 aromatic carbocycles. The number of rotatable bonds is 1. The fourth-order valence-electron chi connectivity index (χ4n) is 1.73. The van der Waals surface area contributed by atoms with Crippen molar-refractivity contribution in [3.05, 3.63) is 22.7 Å². The summed E-state index contributed by atoms with van der Waals surface area (Å²) in [5.41, 5.74) is 7.50. The van der Waals surface area contributed by atoms with Crippen LogP contribution in [0, 0.1) is 0 Å². The first kappa shape index (κ1) is 10.5. The van der Waals surface area contributed by atoms with Crippen molar-refractivity contribution in [1.82, 2.24) is 9.78 Å². The van der Waals surface area contributed by atoms with Gasteiger partial charge in [-0.25, -0.2) is 0 Å². The Balaban J connectivity index is 2.14. The summed E-state index contributed by atoms with van der Waals surface area (Å²) in [6.45, 7) is 0.260. The highest BCUT2D eigenvalue weighted by Gasteiger charge is 2.18. The second kappa shape index (κ2) is 3.66. The number of aromatic nitrogens is 2. The monoisotopic (exact) mass is 295 g/mol. The van der Waals surface area contributed by atoms with E-state index in [-0.39, 0.29) is 6.79 Å². The first-order valence-corrected chi connectivity index (χ1v) is 5.83. The van der Waals surface area contributed by atoms with Crippen molar-refractivity contribution in [2.75, 3.05) is 12.5 Å². The van der Waals surface area contributed by atoms with E-state index in [4.69, 9.17) is 15.2 Å². The van der Waals surface area contributed by atoms with E-state index >= 15 is 0 Å². The lowest BCUT2D eigenvalue weighted by molar-refractivity contribution is 0.174. The molecule has 0 saturated carbocycles. The number of nitrogen functional groups attached to an aromatic ring is 1. The number of benzene rings is 1. The first-order chi connectivity index (χ1) is 8.15. The third-order valence-corrected chi connectivity index (χ3v) is 3.31. The molecule has 0 radical (unpaired) electrons. The molecule has 3 rings (SSSR count). The van der Waals surface area contributed by atoms with Crippen LogP contribution in [-0.2, 0) is 7.05 Å². The normalized spacial score (nSPS) is 13.1. The van der Waals surface area contributed by atoms with E-state index in [1.165, 1.54) is 0 Å². The zero-order valence-corrected chi connectivity index (χ0v) is 10.7. The Morgan fingerprint density at radius 1 is 1.29 bits per heavy atom. The molecule has 0 saturated heterocycles. The molecule has 2 N–H and O–H groups in total. The van der Waals surface area contributed by atoms with Gasteiger partial charge in [0.25, 0.3) is 0 Å². The zero-order valence-electron chi connectivity index (χ0n) is 9.11. The lowest BCUT2D eigenvalue weighted by atomic mass is 10.1. The van der Waals surface area contributed by atoms with Gasteiger partial charge < -0.3 is 15.2 Å². The van der Waals surface area contributed by atoms with E-state index in [9.17, 15) is 0 Å². The number of nitrogens with zero attached hydrogens (tertiary/aromatic N) is 2. The highest BCUT2D eigenvalue weighted by Crippen LogP contribution is 2.40. The number of halogens is 1. The van der Waals surface area contributed by atoms with Crippen LogP contribution in [0.3, 0.4) is 0 Å². The molecule has 0 spiro atoms. The van der Waals surface area contributed by atoms with Crippen LogP contribution >= 0.6 is 15.9 Å². The number of anilines is 1. The zero-order chi connectivity index (χ0) is 12.0. The van der Waals surface area contributed by atoms with Crippen molar-refractivity contribution in [3.8, 4) is 22.8 Å². The van der Waals surface area contributed by atoms with E-state index in [2.05, 4.69) is 21.0 Å². The van der Waals surface area contributed by atoms with Crippen molar-refractivity contribution in [3.63, 3.8) is 0 Å². The summed E-state index contributed by atoms with van der Waals surface area (Å²) in [4.78, 5) is 0. The standard InChI is InChI=1S/C11H10BrN3O2/c1-15-11(13)4-8(14-15)6-2-9-10(3-7(6)12)17-5-16-9/h2-4H,5,13H2,1H3. The van der Waals surface area contributed by atoms with Crippen LogP contribution in [0.25, 0.3) is 11.3 Å². The topological polar surface area (TPSA) is 62.3 Å². The molecule has 0 fully saturated rings. The number of fused-ring (bicyclic) bond motifs is 1. The summed E-state index contributed by atoms with van der Waals surface area (Å²) in [7, 11) is 1.81. The van der Waals surface area contributed by atoms with Crippen LogP contribution in [0.2, 0.25) is 0 Å². The van der Waals surface area contributed by atoms with Crippen LogP contribution < -0.4 is 15.2 Å². The minimum absolute atomic E-state index is 0.260. The molecule has 17 heavy (non-hydrogen) atoms. The lowest BCUT2D eigenvalue weighted by Gasteiger charge is -2.03. The molecular formula is C11H10BrN3O2. The van der Waals surface area contributed by atoms with Gasteiger partial charge in [-0.1, -0.05) is 0 Å². The fraction of sp³-hybridized carbons (Fsp3) is 0.182. The van der Waals surface area contributed by atoms with Gasteiger partial charge in [-0.3, -0.25) is 4.68 Å². The summed E-state index contributed by atoms with van der Waals surface area (Å²) < 4.78 is 13.2. The molecule has 2 heterocycles. The third kappa shape index (κ3) is 1.64. The maximum absolute atomic E-state index is 5.77. The van der Waals surface area contributed by atoms with E-state index in [0.717, 1.165) is 27.2 Å². The van der Waals surface area contributed by atoms with Gasteiger partial charge in [0, 0.05) is 23.2 Å². The molecule has 0 bridgehead atoms. The van der Waals surface area contributed by atoms with Gasteiger partial charge in [0.1, 0.15) is 5.82 Å². The van der Waals surface area contributed by atoms with Crippen molar-refractivity contribution in [2.24, 2.45) is 7.05 Å². The molecule has 6 heteroatoms. The maximum Gasteiger partial charge on any atom is 0.231 e. The Labute approximate surface area is 106 Å². The largest absolute Gasteiger partial charge is 0.454 e. The minimum atomic E-state index is 0.260. The Kier molecular flexibility index (Phi) is 2.25. The van der Waals surface area contributed by atoms with Gasteiger partial charge in [-0.05, 0) is 28.1 Å². The Morgan fingerprint density at radius 2 is 2.00 bits per heavy atom. The summed E-state index contributed by atoms with van der Waals surface area (Å²) in [5.74, 6) is 2.08. The van der Waals surface area contributed by atoms with Crippen LogP contribution in [0.4, 0.5) is 5.82 Å². The van der Waals surface area contributed by atoms with Crippen molar-refractivity contribution in [1.29, 1.82) is 0 Å². The third-order valence-electron chi connectivity index (χ3n) is 2.65. The van der Waals surface area contributed by atoms with Crippen molar-refractivity contribution < 1.29 is 9.47 Å². The molecule has 0 unspecified atom stereocenters. The fourth-order valence-corrected chi connectivity index (χ4v) is 2.25. The first-order valence-electron chi connectivity index (χ1n) is 5.04. The van der Waals surface area contributed by atoms with E-state index in [1.807, 2.05) is 18.2 Å².